The molecule has 0 rings (SSSR count). The molecule has 2 radical (unpaired) electrons. The molecule has 0 saturated heterocycles. The predicted molar refractivity (Wildman–Crippen MR) is 32.0 cm³/mol. The summed E-state index contributed by atoms with van der Waals surface area (Å²) in [6, 6.07) is 0. The van der Waals surface area contributed by atoms with Crippen LogP contribution in [-0.4, -0.2) is 35.8 Å². The molecule has 0 aliphatic rings. The zero-order valence-corrected chi connectivity index (χ0v) is 8.72. The Bertz CT molecular complexity index is 21.7. The van der Waals surface area contributed by atoms with Crippen LogP contribution in [0, 0.1) is 0 Å². The van der Waals surface area contributed by atoms with Gasteiger partial charge in [-0.3, -0.25) is 5.26 Å². The van der Waals surface area contributed by atoms with Gasteiger partial charge in [-0.25, -0.2) is 4.89 Å². The summed E-state index contributed by atoms with van der Waals surface area (Å²) in [6.45, 7) is 2.51. The topological polar surface area (TPSA) is 29.5 Å². The Kier molecular flexibility index (Phi) is 15.0. The van der Waals surface area contributed by atoms with Crippen LogP contribution in [-0.2, 0) is 4.89 Å². The van der Waals surface area contributed by atoms with Gasteiger partial charge in [0.2, 0.25) is 0 Å². The van der Waals surface area contributed by atoms with Crippen LogP contribution in [0.15, 0.2) is 0 Å². The summed E-state index contributed by atoms with van der Waals surface area (Å²) in [4.78, 5) is 3.78. The summed E-state index contributed by atoms with van der Waals surface area (Å²) in [5.74, 6) is 0. The molecule has 0 aromatic carbocycles. The van der Waals surface area contributed by atoms with E-state index in [2.05, 4.69) is 4.89 Å². The number of hydrogen-bond donors (Lipinski definition) is 1. The van der Waals surface area contributed by atoms with E-state index in [1.165, 1.54) is 0 Å². The third kappa shape index (κ3) is 10.8. The van der Waals surface area contributed by atoms with Crippen molar-refractivity contribution in [2.45, 2.75) is 19.8 Å². The van der Waals surface area contributed by atoms with Crippen LogP contribution in [0.4, 0.5) is 0 Å². The summed E-state index contributed by atoms with van der Waals surface area (Å²) in [6.07, 6.45) is 2.01. The van der Waals surface area contributed by atoms with Crippen molar-refractivity contribution < 1.29 is 10.1 Å². The van der Waals surface area contributed by atoms with E-state index in [9.17, 15) is 0 Å². The standard InChI is InChI=1S/C4H10O2.Sn.2H/c1-2-3-4-6-5;;;/h5H,2-4H2,1H3;;;. The van der Waals surface area contributed by atoms with Crippen molar-refractivity contribution in [3.05, 3.63) is 0 Å². The van der Waals surface area contributed by atoms with Crippen LogP contribution >= 0.6 is 0 Å². The van der Waals surface area contributed by atoms with Gasteiger partial charge in [-0.1, -0.05) is 13.3 Å². The molecule has 0 aromatic rings. The molecule has 0 heterocycles. The van der Waals surface area contributed by atoms with Gasteiger partial charge in [0.1, 0.15) is 0 Å². The molecule has 3 heteroatoms. The molecule has 0 atom stereocenters. The maximum atomic E-state index is 7.70. The van der Waals surface area contributed by atoms with E-state index in [-0.39, 0.29) is 23.9 Å². The van der Waals surface area contributed by atoms with Gasteiger partial charge in [0.05, 0.1) is 6.61 Å². The normalized spacial score (nSPS) is 7.71. The second-order valence-corrected chi connectivity index (χ2v) is 1.19. The van der Waals surface area contributed by atoms with Crippen LogP contribution in [0.3, 0.4) is 0 Å². The molecule has 1 N–H and O–H groups in total. The van der Waals surface area contributed by atoms with E-state index < -0.39 is 0 Å². The van der Waals surface area contributed by atoms with E-state index >= 15 is 0 Å². The molecule has 0 amide bonds. The Morgan fingerprint density at radius 3 is 2.29 bits per heavy atom. The molecule has 0 aliphatic heterocycles. The fourth-order valence-corrected chi connectivity index (χ4v) is 0.209. The Labute approximate surface area is 60.7 Å². The Morgan fingerprint density at radius 2 is 2.14 bits per heavy atom. The van der Waals surface area contributed by atoms with Crippen LogP contribution in [0.25, 0.3) is 0 Å². The van der Waals surface area contributed by atoms with E-state index in [1.807, 2.05) is 6.92 Å². The van der Waals surface area contributed by atoms with Crippen LogP contribution in [0.2, 0.25) is 0 Å². The Morgan fingerprint density at radius 1 is 1.57 bits per heavy atom. The van der Waals surface area contributed by atoms with Crippen molar-refractivity contribution in [3.63, 3.8) is 0 Å². The monoisotopic (exact) mass is 212 g/mol. The summed E-state index contributed by atoms with van der Waals surface area (Å²) in [7, 11) is 0. The third-order valence-corrected chi connectivity index (χ3v) is 0.589. The average molecular weight is 211 g/mol. The van der Waals surface area contributed by atoms with Crippen molar-refractivity contribution in [3.8, 4) is 0 Å². The molecular formula is C4H12O2Sn. The van der Waals surface area contributed by atoms with Gasteiger partial charge in [-0.15, -0.1) is 0 Å². The Balaban J connectivity index is 0. The van der Waals surface area contributed by atoms with Crippen LogP contribution in [0.1, 0.15) is 19.8 Å². The summed E-state index contributed by atoms with van der Waals surface area (Å²) in [5.41, 5.74) is 0. The molecule has 2 nitrogen and oxygen atoms in total. The minimum atomic E-state index is 0. The number of hydrogen-bond acceptors (Lipinski definition) is 2. The second kappa shape index (κ2) is 9.87. The van der Waals surface area contributed by atoms with E-state index in [4.69, 9.17) is 5.26 Å². The molecular weight excluding hydrogens is 199 g/mol. The van der Waals surface area contributed by atoms with Crippen molar-refractivity contribution in [2.24, 2.45) is 0 Å². The van der Waals surface area contributed by atoms with E-state index in [0.717, 1.165) is 12.8 Å². The number of rotatable bonds is 3. The van der Waals surface area contributed by atoms with Crippen molar-refractivity contribution in [1.82, 2.24) is 0 Å². The predicted octanol–water partition coefficient (Wildman–Crippen LogP) is 0.360. The fourth-order valence-electron chi connectivity index (χ4n) is 0.209. The molecule has 0 bridgehead atoms. The van der Waals surface area contributed by atoms with Gasteiger partial charge in [-0.2, -0.15) is 0 Å². The van der Waals surface area contributed by atoms with Crippen molar-refractivity contribution >= 4 is 23.9 Å². The van der Waals surface area contributed by atoms with Crippen molar-refractivity contribution in [1.29, 1.82) is 0 Å². The average Bonchev–Trinajstić information content (AvgIpc) is 1.61. The van der Waals surface area contributed by atoms with Gasteiger partial charge >= 0.3 is 23.9 Å². The maximum absolute atomic E-state index is 7.70. The first-order valence-electron chi connectivity index (χ1n) is 2.18. The third-order valence-electron chi connectivity index (χ3n) is 0.589. The van der Waals surface area contributed by atoms with E-state index in [0.29, 0.717) is 6.61 Å². The molecule has 0 saturated carbocycles. The van der Waals surface area contributed by atoms with Crippen LogP contribution < -0.4 is 0 Å². The molecule has 44 valence electrons. The fraction of sp³-hybridized carbons (Fsp3) is 1.00. The summed E-state index contributed by atoms with van der Waals surface area (Å²) in [5, 5.41) is 7.70. The first-order valence-corrected chi connectivity index (χ1v) is 2.18. The van der Waals surface area contributed by atoms with Gasteiger partial charge in [0, 0.05) is 0 Å². The van der Waals surface area contributed by atoms with Gasteiger partial charge in [-0.05, 0) is 6.42 Å². The van der Waals surface area contributed by atoms with Crippen molar-refractivity contribution in [2.75, 3.05) is 6.61 Å². The Hall–Kier alpha value is 0.719. The van der Waals surface area contributed by atoms with Crippen LogP contribution in [0.5, 0.6) is 0 Å². The molecule has 0 aromatic heterocycles. The second-order valence-electron chi connectivity index (χ2n) is 1.19. The minimum absolute atomic E-state index is 0. The summed E-state index contributed by atoms with van der Waals surface area (Å²) >= 11 is 0. The SMILES string of the molecule is CCCCOO.[SnH2]. The zero-order valence-electron chi connectivity index (χ0n) is 4.68. The molecule has 7 heavy (non-hydrogen) atoms. The molecule has 0 unspecified atom stereocenters. The number of unbranched alkanes of at least 4 members (excludes halogenated alkanes) is 1. The summed E-state index contributed by atoms with van der Waals surface area (Å²) < 4.78 is 0. The quantitative estimate of drug-likeness (QED) is 0.316. The first kappa shape index (κ1) is 10.7. The molecule has 0 fully saturated rings. The molecule has 0 spiro atoms. The van der Waals surface area contributed by atoms with E-state index in [1.54, 1.807) is 0 Å². The van der Waals surface area contributed by atoms with Gasteiger partial charge < -0.3 is 0 Å². The zero-order chi connectivity index (χ0) is 4.83. The van der Waals surface area contributed by atoms with Gasteiger partial charge in [0.15, 0.2) is 0 Å². The first-order chi connectivity index (χ1) is 2.91. The molecule has 0 aliphatic carbocycles. The van der Waals surface area contributed by atoms with Gasteiger partial charge in [0.25, 0.3) is 0 Å².